The Balaban J connectivity index is 2.05. The summed E-state index contributed by atoms with van der Waals surface area (Å²) in [6.45, 7) is 4.43. The number of carbonyl (C=O) groups is 1. The molecule has 1 aliphatic heterocycles. The van der Waals surface area contributed by atoms with Crippen molar-refractivity contribution in [3.63, 3.8) is 0 Å². The number of ether oxygens (including phenoxy) is 1. The summed E-state index contributed by atoms with van der Waals surface area (Å²) in [6, 6.07) is 7.41. The maximum Gasteiger partial charge on any atom is 0.232 e. The van der Waals surface area contributed by atoms with Crippen LogP contribution < -0.4 is 4.31 Å². The number of hydrogen-bond acceptors (Lipinski definition) is 4. The van der Waals surface area contributed by atoms with Crippen LogP contribution in [0.15, 0.2) is 24.3 Å². The lowest BCUT2D eigenvalue weighted by Gasteiger charge is -2.28. The fourth-order valence-electron chi connectivity index (χ4n) is 2.55. The lowest BCUT2D eigenvalue weighted by molar-refractivity contribution is -0.134. The highest BCUT2D eigenvalue weighted by atomic mass is 32.2. The van der Waals surface area contributed by atoms with E-state index in [0.29, 0.717) is 32.0 Å². The molecule has 7 heteroatoms. The molecule has 1 aromatic carbocycles. The van der Waals surface area contributed by atoms with Crippen molar-refractivity contribution in [1.82, 2.24) is 4.90 Å². The number of aryl methyl sites for hydroxylation is 1. The monoisotopic (exact) mass is 340 g/mol. The molecule has 1 aliphatic rings. The van der Waals surface area contributed by atoms with E-state index < -0.39 is 10.0 Å². The van der Waals surface area contributed by atoms with Gasteiger partial charge >= 0.3 is 0 Å². The van der Waals surface area contributed by atoms with Gasteiger partial charge in [0.05, 0.1) is 25.2 Å². The van der Waals surface area contributed by atoms with Crippen molar-refractivity contribution in [2.75, 3.05) is 43.4 Å². The van der Waals surface area contributed by atoms with Gasteiger partial charge in [-0.2, -0.15) is 0 Å². The van der Waals surface area contributed by atoms with Crippen molar-refractivity contribution >= 4 is 21.6 Å². The molecule has 6 nitrogen and oxygen atoms in total. The summed E-state index contributed by atoms with van der Waals surface area (Å²) < 4.78 is 30.6. The van der Waals surface area contributed by atoms with E-state index in [-0.39, 0.29) is 18.9 Å². The Labute approximate surface area is 138 Å². The molecule has 2 rings (SSSR count). The molecule has 23 heavy (non-hydrogen) atoms. The van der Waals surface area contributed by atoms with Crippen molar-refractivity contribution in [2.45, 2.75) is 19.8 Å². The number of rotatable bonds is 6. The molecule has 1 saturated heterocycles. The first-order valence-electron chi connectivity index (χ1n) is 7.84. The maximum atomic E-state index is 12.2. The van der Waals surface area contributed by atoms with Gasteiger partial charge in [-0.3, -0.25) is 9.10 Å². The fourth-order valence-corrected chi connectivity index (χ4v) is 3.48. The second-order valence-corrected chi connectivity index (χ2v) is 7.51. The van der Waals surface area contributed by atoms with E-state index in [1.807, 2.05) is 19.1 Å². The maximum absolute atomic E-state index is 12.2. The number of hydrogen-bond donors (Lipinski definition) is 0. The van der Waals surface area contributed by atoms with Gasteiger partial charge in [0.2, 0.25) is 15.9 Å². The van der Waals surface area contributed by atoms with E-state index in [1.165, 1.54) is 10.6 Å². The van der Waals surface area contributed by atoms with E-state index in [0.717, 1.165) is 12.0 Å². The molecule has 128 valence electrons. The van der Waals surface area contributed by atoms with Crippen LogP contribution in [0.1, 0.15) is 18.9 Å². The lowest BCUT2D eigenvalue weighted by atomic mass is 10.1. The first kappa shape index (κ1) is 17.7. The minimum absolute atomic E-state index is 0.0351. The van der Waals surface area contributed by atoms with Gasteiger partial charge in [0.15, 0.2) is 0 Å². The van der Waals surface area contributed by atoms with Crippen molar-refractivity contribution in [3.05, 3.63) is 29.8 Å². The van der Waals surface area contributed by atoms with E-state index in [9.17, 15) is 13.2 Å². The smallest absolute Gasteiger partial charge is 0.232 e. The van der Waals surface area contributed by atoms with Gasteiger partial charge in [0.1, 0.15) is 0 Å². The highest BCUT2D eigenvalue weighted by Gasteiger charge is 2.21. The van der Waals surface area contributed by atoms with Crippen LogP contribution in [0.4, 0.5) is 5.69 Å². The summed E-state index contributed by atoms with van der Waals surface area (Å²) in [4.78, 5) is 13.9. The molecule has 1 fully saturated rings. The molecule has 0 aromatic heterocycles. The summed E-state index contributed by atoms with van der Waals surface area (Å²) in [5.74, 6) is -0.0351. The molecule has 0 atom stereocenters. The Morgan fingerprint density at radius 2 is 1.83 bits per heavy atom. The third-order valence-electron chi connectivity index (χ3n) is 3.93. The first-order chi connectivity index (χ1) is 10.9. The van der Waals surface area contributed by atoms with Crippen molar-refractivity contribution < 1.29 is 17.9 Å². The third-order valence-corrected chi connectivity index (χ3v) is 5.12. The Hall–Kier alpha value is -1.60. The normalized spacial score (nSPS) is 15.5. The summed E-state index contributed by atoms with van der Waals surface area (Å²) in [7, 11) is -3.43. The Kier molecular flexibility index (Phi) is 6.01. The summed E-state index contributed by atoms with van der Waals surface area (Å²) in [6.07, 6.45) is 2.23. The molecule has 0 unspecified atom stereocenters. The highest BCUT2D eigenvalue weighted by molar-refractivity contribution is 7.92. The zero-order valence-corrected chi connectivity index (χ0v) is 14.5. The van der Waals surface area contributed by atoms with Gasteiger partial charge in [0, 0.05) is 26.1 Å². The zero-order chi connectivity index (χ0) is 16.9. The van der Waals surface area contributed by atoms with Crippen LogP contribution in [0.5, 0.6) is 0 Å². The van der Waals surface area contributed by atoms with Crippen LogP contribution >= 0.6 is 0 Å². The number of sulfonamides is 1. The number of morpholine rings is 1. The van der Waals surface area contributed by atoms with Gasteiger partial charge in [-0.25, -0.2) is 8.42 Å². The minimum Gasteiger partial charge on any atom is -0.378 e. The summed E-state index contributed by atoms with van der Waals surface area (Å²) >= 11 is 0. The fraction of sp³-hybridized carbons (Fsp3) is 0.562. The molecule has 0 aliphatic carbocycles. The number of carbonyl (C=O) groups excluding carboxylic acids is 1. The van der Waals surface area contributed by atoms with E-state index in [1.54, 1.807) is 17.0 Å². The summed E-state index contributed by atoms with van der Waals surface area (Å²) in [5.41, 5.74) is 1.74. The molecule has 1 heterocycles. The molecule has 0 bridgehead atoms. The van der Waals surface area contributed by atoms with Gasteiger partial charge < -0.3 is 9.64 Å². The zero-order valence-electron chi connectivity index (χ0n) is 13.7. The van der Waals surface area contributed by atoms with Crippen LogP contribution in [-0.2, 0) is 26.0 Å². The van der Waals surface area contributed by atoms with Crippen molar-refractivity contribution in [1.29, 1.82) is 0 Å². The largest absolute Gasteiger partial charge is 0.378 e. The quantitative estimate of drug-likeness (QED) is 0.782. The Morgan fingerprint density at radius 1 is 1.22 bits per heavy atom. The van der Waals surface area contributed by atoms with Crippen LogP contribution in [0, 0.1) is 0 Å². The standard InChI is InChI=1S/C16H24N2O4S/c1-3-14-4-6-15(7-5-14)18(23(2,20)21)9-8-16(19)17-10-12-22-13-11-17/h4-7H,3,8-13H2,1-2H3. The SMILES string of the molecule is CCc1ccc(N(CCC(=O)N2CCOCC2)S(C)(=O)=O)cc1. The van der Waals surface area contributed by atoms with Crippen LogP contribution in [0.3, 0.4) is 0 Å². The second-order valence-electron chi connectivity index (χ2n) is 5.60. The predicted molar refractivity (Wildman–Crippen MR) is 90.0 cm³/mol. The van der Waals surface area contributed by atoms with Crippen LogP contribution in [-0.4, -0.2) is 58.3 Å². The molecule has 0 saturated carbocycles. The molecular weight excluding hydrogens is 316 g/mol. The third kappa shape index (κ3) is 4.94. The first-order valence-corrected chi connectivity index (χ1v) is 9.69. The Morgan fingerprint density at radius 3 is 2.35 bits per heavy atom. The molecule has 0 spiro atoms. The number of amides is 1. The predicted octanol–water partition coefficient (Wildman–Crippen LogP) is 1.26. The second kappa shape index (κ2) is 7.79. The van der Waals surface area contributed by atoms with Crippen molar-refractivity contribution in [2.24, 2.45) is 0 Å². The summed E-state index contributed by atoms with van der Waals surface area (Å²) in [5, 5.41) is 0. The molecule has 0 N–H and O–H groups in total. The molecule has 1 aromatic rings. The van der Waals surface area contributed by atoms with Crippen LogP contribution in [0.2, 0.25) is 0 Å². The topological polar surface area (TPSA) is 66.9 Å². The van der Waals surface area contributed by atoms with Gasteiger partial charge in [-0.15, -0.1) is 0 Å². The number of nitrogens with zero attached hydrogens (tertiary/aromatic N) is 2. The average Bonchev–Trinajstić information content (AvgIpc) is 2.55. The average molecular weight is 340 g/mol. The van der Waals surface area contributed by atoms with Gasteiger partial charge in [-0.1, -0.05) is 19.1 Å². The van der Waals surface area contributed by atoms with Crippen molar-refractivity contribution in [3.8, 4) is 0 Å². The number of anilines is 1. The lowest BCUT2D eigenvalue weighted by Crippen LogP contribution is -2.42. The molecule has 0 radical (unpaired) electrons. The molecular formula is C16H24N2O4S. The van der Waals surface area contributed by atoms with E-state index in [4.69, 9.17) is 4.74 Å². The van der Waals surface area contributed by atoms with Gasteiger partial charge in [0.25, 0.3) is 0 Å². The minimum atomic E-state index is -3.43. The highest BCUT2D eigenvalue weighted by Crippen LogP contribution is 2.19. The number of benzene rings is 1. The van der Waals surface area contributed by atoms with Gasteiger partial charge in [-0.05, 0) is 24.1 Å². The molecule has 1 amide bonds. The van der Waals surface area contributed by atoms with E-state index >= 15 is 0 Å². The Bertz CT molecular complexity index is 622. The van der Waals surface area contributed by atoms with Crippen LogP contribution in [0.25, 0.3) is 0 Å². The van der Waals surface area contributed by atoms with E-state index in [2.05, 4.69) is 0 Å².